The molecule has 1 atom stereocenters. The SMILES string of the molecule is CNC(O)(CCO)c1ccc([N+](=O)[O-])cc1. The van der Waals surface area contributed by atoms with Gasteiger partial charge in [-0.15, -0.1) is 0 Å². The van der Waals surface area contributed by atoms with Gasteiger partial charge >= 0.3 is 0 Å². The van der Waals surface area contributed by atoms with Gasteiger partial charge in [-0.25, -0.2) is 0 Å². The number of nitro groups is 1. The summed E-state index contributed by atoms with van der Waals surface area (Å²) in [6, 6.07) is 5.55. The highest BCUT2D eigenvalue weighted by Gasteiger charge is 2.26. The largest absolute Gasteiger partial charge is 0.396 e. The van der Waals surface area contributed by atoms with E-state index in [4.69, 9.17) is 5.11 Å². The first-order valence-electron chi connectivity index (χ1n) is 4.80. The Morgan fingerprint density at radius 3 is 2.38 bits per heavy atom. The van der Waals surface area contributed by atoms with Crippen LogP contribution in [0.5, 0.6) is 0 Å². The van der Waals surface area contributed by atoms with Gasteiger partial charge in [-0.2, -0.15) is 0 Å². The van der Waals surface area contributed by atoms with Gasteiger partial charge in [-0.05, 0) is 24.7 Å². The van der Waals surface area contributed by atoms with Crippen molar-refractivity contribution in [3.63, 3.8) is 0 Å². The van der Waals surface area contributed by atoms with Crippen molar-refractivity contribution in [1.82, 2.24) is 5.32 Å². The Morgan fingerprint density at radius 2 is 2.00 bits per heavy atom. The Labute approximate surface area is 92.7 Å². The zero-order valence-electron chi connectivity index (χ0n) is 8.88. The fourth-order valence-corrected chi connectivity index (χ4v) is 1.43. The molecule has 6 heteroatoms. The van der Waals surface area contributed by atoms with Gasteiger partial charge in [0.25, 0.3) is 5.69 Å². The smallest absolute Gasteiger partial charge is 0.269 e. The van der Waals surface area contributed by atoms with Crippen molar-refractivity contribution in [2.24, 2.45) is 0 Å². The minimum Gasteiger partial charge on any atom is -0.396 e. The van der Waals surface area contributed by atoms with E-state index < -0.39 is 10.6 Å². The Balaban J connectivity index is 2.99. The minimum atomic E-state index is -1.36. The van der Waals surface area contributed by atoms with Crippen molar-refractivity contribution in [2.75, 3.05) is 13.7 Å². The van der Waals surface area contributed by atoms with Crippen LogP contribution in [-0.4, -0.2) is 28.8 Å². The third kappa shape index (κ3) is 2.54. The fraction of sp³-hybridized carbons (Fsp3) is 0.400. The first-order chi connectivity index (χ1) is 7.53. The highest BCUT2D eigenvalue weighted by Crippen LogP contribution is 2.23. The third-order valence-electron chi connectivity index (χ3n) is 2.44. The van der Waals surface area contributed by atoms with Crippen molar-refractivity contribution in [1.29, 1.82) is 0 Å². The number of aliphatic hydroxyl groups excluding tert-OH is 1. The van der Waals surface area contributed by atoms with Crippen LogP contribution in [0.1, 0.15) is 12.0 Å². The van der Waals surface area contributed by atoms with Gasteiger partial charge < -0.3 is 10.2 Å². The maximum atomic E-state index is 10.4. The van der Waals surface area contributed by atoms with E-state index in [2.05, 4.69) is 5.32 Å². The predicted molar refractivity (Wildman–Crippen MR) is 57.8 cm³/mol. The van der Waals surface area contributed by atoms with Crippen molar-refractivity contribution in [2.45, 2.75) is 12.1 Å². The summed E-state index contributed by atoms with van der Waals surface area (Å²) in [6.07, 6.45) is 0.112. The average Bonchev–Trinajstić information content (AvgIpc) is 2.29. The summed E-state index contributed by atoms with van der Waals surface area (Å²) in [5, 5.41) is 32.0. The van der Waals surface area contributed by atoms with Gasteiger partial charge in [0.1, 0.15) is 5.72 Å². The molecule has 0 aliphatic carbocycles. The second-order valence-corrected chi connectivity index (χ2v) is 3.39. The molecule has 0 saturated heterocycles. The van der Waals surface area contributed by atoms with Crippen LogP contribution in [0.3, 0.4) is 0 Å². The average molecular weight is 226 g/mol. The minimum absolute atomic E-state index is 0.0359. The molecule has 0 aliphatic heterocycles. The molecule has 0 radical (unpaired) electrons. The summed E-state index contributed by atoms with van der Waals surface area (Å²) in [4.78, 5) is 9.94. The number of nitrogens with one attached hydrogen (secondary N) is 1. The van der Waals surface area contributed by atoms with Crippen LogP contribution in [-0.2, 0) is 5.72 Å². The van der Waals surface area contributed by atoms with Gasteiger partial charge in [0.15, 0.2) is 0 Å². The molecular weight excluding hydrogens is 212 g/mol. The number of hydrogen-bond acceptors (Lipinski definition) is 5. The lowest BCUT2D eigenvalue weighted by molar-refractivity contribution is -0.384. The lowest BCUT2D eigenvalue weighted by Crippen LogP contribution is -2.40. The Hall–Kier alpha value is -1.50. The molecule has 0 bridgehead atoms. The molecule has 3 N–H and O–H groups in total. The summed E-state index contributed by atoms with van der Waals surface area (Å²) < 4.78 is 0. The lowest BCUT2D eigenvalue weighted by Gasteiger charge is -2.27. The second-order valence-electron chi connectivity index (χ2n) is 3.39. The number of hydrogen-bond donors (Lipinski definition) is 3. The fourth-order valence-electron chi connectivity index (χ4n) is 1.43. The van der Waals surface area contributed by atoms with Crippen LogP contribution in [0.25, 0.3) is 0 Å². The monoisotopic (exact) mass is 226 g/mol. The van der Waals surface area contributed by atoms with E-state index in [1.165, 1.54) is 24.3 Å². The highest BCUT2D eigenvalue weighted by atomic mass is 16.6. The van der Waals surface area contributed by atoms with Crippen molar-refractivity contribution < 1.29 is 15.1 Å². The molecule has 0 fully saturated rings. The first-order valence-corrected chi connectivity index (χ1v) is 4.80. The van der Waals surface area contributed by atoms with E-state index in [-0.39, 0.29) is 18.7 Å². The summed E-state index contributed by atoms with van der Waals surface area (Å²) in [5.41, 5.74) is -0.912. The number of rotatable bonds is 5. The summed E-state index contributed by atoms with van der Waals surface area (Å²) in [5.74, 6) is 0. The molecule has 0 amide bonds. The molecule has 0 saturated carbocycles. The Morgan fingerprint density at radius 1 is 1.44 bits per heavy atom. The maximum absolute atomic E-state index is 10.4. The zero-order chi connectivity index (χ0) is 12.2. The molecule has 1 rings (SSSR count). The standard InChI is InChI=1S/C10H14N2O4/c1-11-10(14,6-7-13)8-2-4-9(5-3-8)12(15)16/h2-5,11,13-14H,6-7H2,1H3. The van der Waals surface area contributed by atoms with Gasteiger partial charge in [0, 0.05) is 25.2 Å². The number of aliphatic hydroxyl groups is 2. The maximum Gasteiger partial charge on any atom is 0.269 e. The van der Waals surface area contributed by atoms with Gasteiger partial charge in [0.05, 0.1) is 4.92 Å². The van der Waals surface area contributed by atoms with E-state index >= 15 is 0 Å². The van der Waals surface area contributed by atoms with Crippen molar-refractivity contribution >= 4 is 5.69 Å². The number of nitro benzene ring substituents is 1. The first kappa shape index (κ1) is 12.6. The Kier molecular flexibility index (Phi) is 3.94. The van der Waals surface area contributed by atoms with Gasteiger partial charge in [0.2, 0.25) is 0 Å². The molecule has 1 aromatic carbocycles. The van der Waals surface area contributed by atoms with Crippen LogP contribution in [0.4, 0.5) is 5.69 Å². The summed E-state index contributed by atoms with van der Waals surface area (Å²) in [7, 11) is 1.55. The van der Waals surface area contributed by atoms with E-state index in [9.17, 15) is 15.2 Å². The van der Waals surface area contributed by atoms with Crippen LogP contribution in [0.2, 0.25) is 0 Å². The van der Waals surface area contributed by atoms with E-state index in [0.29, 0.717) is 5.56 Å². The van der Waals surface area contributed by atoms with Crippen LogP contribution in [0, 0.1) is 10.1 Å². The van der Waals surface area contributed by atoms with Gasteiger partial charge in [-0.3, -0.25) is 15.4 Å². The number of benzene rings is 1. The quantitative estimate of drug-likeness (QED) is 0.382. The van der Waals surface area contributed by atoms with Crippen molar-refractivity contribution in [3.8, 4) is 0 Å². The zero-order valence-corrected chi connectivity index (χ0v) is 8.88. The van der Waals surface area contributed by atoms with Crippen LogP contribution >= 0.6 is 0 Å². The van der Waals surface area contributed by atoms with Crippen molar-refractivity contribution in [3.05, 3.63) is 39.9 Å². The number of non-ortho nitro benzene ring substituents is 1. The molecule has 1 unspecified atom stereocenters. The second kappa shape index (κ2) is 5.02. The van der Waals surface area contributed by atoms with E-state index in [1.54, 1.807) is 7.05 Å². The summed E-state index contributed by atoms with van der Waals surface area (Å²) in [6.45, 7) is -0.186. The molecule has 0 aromatic heterocycles. The normalized spacial score (nSPS) is 14.4. The third-order valence-corrected chi connectivity index (χ3v) is 2.44. The van der Waals surface area contributed by atoms with E-state index in [0.717, 1.165) is 0 Å². The van der Waals surface area contributed by atoms with Crippen LogP contribution in [0.15, 0.2) is 24.3 Å². The molecule has 0 aliphatic rings. The molecule has 6 nitrogen and oxygen atoms in total. The topological polar surface area (TPSA) is 95.6 Å². The molecule has 1 aromatic rings. The molecule has 0 spiro atoms. The van der Waals surface area contributed by atoms with Gasteiger partial charge in [-0.1, -0.05) is 0 Å². The highest BCUT2D eigenvalue weighted by molar-refractivity contribution is 5.35. The number of nitrogens with zero attached hydrogens (tertiary/aromatic N) is 1. The molecule has 16 heavy (non-hydrogen) atoms. The Bertz CT molecular complexity index is 366. The predicted octanol–water partition coefficient (Wildman–Crippen LogP) is 0.342. The molecular formula is C10H14N2O4. The lowest BCUT2D eigenvalue weighted by atomic mass is 9.99. The van der Waals surface area contributed by atoms with Crippen LogP contribution < -0.4 is 5.32 Å². The molecule has 88 valence electrons. The summed E-state index contributed by atoms with van der Waals surface area (Å²) >= 11 is 0. The van der Waals surface area contributed by atoms with E-state index in [1.807, 2.05) is 0 Å². The molecule has 0 heterocycles.